The second kappa shape index (κ2) is 7.91. The Hall–Kier alpha value is -1.88. The predicted molar refractivity (Wildman–Crippen MR) is 67.8 cm³/mol. The first-order chi connectivity index (χ1) is 13.2. The van der Waals surface area contributed by atoms with E-state index in [4.69, 9.17) is 10.2 Å². The number of carboxylic acids is 1. The Kier molecular flexibility index (Phi) is 7.43. The fourth-order valence-electron chi connectivity index (χ4n) is 2.03. The van der Waals surface area contributed by atoms with E-state index in [0.717, 1.165) is 0 Å². The van der Waals surface area contributed by atoms with Gasteiger partial charge in [0.15, 0.2) is 0 Å². The lowest BCUT2D eigenvalue weighted by Gasteiger charge is -2.43. The molecule has 0 aromatic heterocycles. The number of hydrogen-bond donors (Lipinski definition) is 2. The van der Waals surface area contributed by atoms with Gasteiger partial charge in [-0.05, 0) is 0 Å². The molecule has 0 heterocycles. The molecule has 184 valence electrons. The number of halogens is 15. The maximum Gasteiger partial charge on any atom is 0.438 e. The first-order valence-corrected chi connectivity index (χ1v) is 7.15. The summed E-state index contributed by atoms with van der Waals surface area (Å²) in [7, 11) is 0. The zero-order valence-electron chi connectivity index (χ0n) is 14.2. The lowest BCUT2D eigenvalue weighted by molar-refractivity contribution is -0.457. The lowest BCUT2D eigenvalue weighted by atomic mass is 9.84. The molecule has 3 nitrogen and oxygen atoms in total. The van der Waals surface area contributed by atoms with Gasteiger partial charge < -0.3 is 10.2 Å². The average molecular weight is 498 g/mol. The minimum absolute atomic E-state index is 1.21. The third kappa shape index (κ3) is 4.52. The van der Waals surface area contributed by atoms with Crippen molar-refractivity contribution in [3.05, 3.63) is 12.2 Å². The van der Waals surface area contributed by atoms with Gasteiger partial charge in [-0.15, -0.1) is 0 Å². The van der Waals surface area contributed by atoms with Crippen molar-refractivity contribution in [1.29, 1.82) is 0 Å². The quantitative estimate of drug-likeness (QED) is 0.342. The van der Waals surface area contributed by atoms with Crippen LogP contribution in [0.1, 0.15) is 12.8 Å². The van der Waals surface area contributed by atoms with Crippen molar-refractivity contribution in [1.82, 2.24) is 0 Å². The minimum atomic E-state index is -8.54. The molecular formula is C13H9F15O3. The van der Waals surface area contributed by atoms with Crippen LogP contribution < -0.4 is 0 Å². The van der Waals surface area contributed by atoms with Gasteiger partial charge in [0.2, 0.25) is 0 Å². The van der Waals surface area contributed by atoms with Gasteiger partial charge in [-0.25, -0.2) is 9.18 Å². The highest BCUT2D eigenvalue weighted by Crippen LogP contribution is 2.64. The molecule has 0 fully saturated rings. The summed E-state index contributed by atoms with van der Waals surface area (Å²) >= 11 is 0. The summed E-state index contributed by atoms with van der Waals surface area (Å²) in [5, 5.41) is 17.4. The number of hydrogen-bond acceptors (Lipinski definition) is 2. The summed E-state index contributed by atoms with van der Waals surface area (Å²) in [6.07, 6.45) is -23.8. The smallest absolute Gasteiger partial charge is 0.438 e. The number of carbonyl (C=O) groups is 1. The van der Waals surface area contributed by atoms with Crippen molar-refractivity contribution < 1.29 is 80.9 Å². The van der Waals surface area contributed by atoms with Gasteiger partial charge in [-0.3, -0.25) is 0 Å². The van der Waals surface area contributed by atoms with Crippen LogP contribution >= 0.6 is 0 Å². The maximum absolute atomic E-state index is 13.5. The van der Waals surface area contributed by atoms with Gasteiger partial charge in [0, 0.05) is 18.4 Å². The molecule has 0 aliphatic rings. The van der Waals surface area contributed by atoms with Crippen LogP contribution in [-0.2, 0) is 4.79 Å². The van der Waals surface area contributed by atoms with Crippen LogP contribution in [0.3, 0.4) is 0 Å². The van der Waals surface area contributed by atoms with Gasteiger partial charge in [0.1, 0.15) is 0 Å². The Labute approximate surface area is 161 Å². The lowest BCUT2D eigenvalue weighted by Crippen LogP contribution is -2.75. The Bertz CT molecular complexity index is 677. The topological polar surface area (TPSA) is 57.5 Å². The molecule has 0 aliphatic carbocycles. The van der Waals surface area contributed by atoms with Crippen molar-refractivity contribution in [2.24, 2.45) is 0 Å². The van der Waals surface area contributed by atoms with E-state index < -0.39 is 72.2 Å². The largest absolute Gasteiger partial charge is 0.478 e. The van der Waals surface area contributed by atoms with E-state index >= 15 is 0 Å². The Morgan fingerprint density at radius 2 is 1.06 bits per heavy atom. The zero-order valence-corrected chi connectivity index (χ0v) is 14.2. The van der Waals surface area contributed by atoms with Crippen molar-refractivity contribution in [3.63, 3.8) is 0 Å². The van der Waals surface area contributed by atoms with Gasteiger partial charge >= 0.3 is 47.7 Å². The molecule has 0 aromatic carbocycles. The highest BCUT2D eigenvalue weighted by Gasteiger charge is 2.95. The Morgan fingerprint density at radius 3 is 1.35 bits per heavy atom. The Balaban J connectivity index is 6.42. The summed E-state index contributed by atoms with van der Waals surface area (Å²) in [4.78, 5) is 10.4. The average Bonchev–Trinajstić information content (AvgIpc) is 2.50. The van der Waals surface area contributed by atoms with Crippen LogP contribution in [0, 0.1) is 0 Å². The number of carboxylic acid groups (broad SMARTS) is 1. The highest BCUT2D eigenvalue weighted by atomic mass is 19.4. The predicted octanol–water partition coefficient (Wildman–Crippen LogP) is 5.14. The molecule has 0 radical (unpaired) electrons. The molecule has 0 amide bonds. The second-order valence-electron chi connectivity index (χ2n) is 6.05. The molecule has 0 aliphatic heterocycles. The molecule has 18 heteroatoms. The number of aliphatic hydroxyl groups excluding tert-OH is 1. The van der Waals surface area contributed by atoms with E-state index in [1.165, 1.54) is 0 Å². The van der Waals surface area contributed by atoms with E-state index in [0.29, 0.717) is 0 Å². The molecule has 0 bridgehead atoms. The number of aliphatic carboxylic acids is 1. The number of rotatable bonds is 9. The zero-order chi connectivity index (χ0) is 25.6. The Morgan fingerprint density at radius 1 is 0.710 bits per heavy atom. The number of alkyl halides is 15. The van der Waals surface area contributed by atoms with Crippen LogP contribution in [0.2, 0.25) is 0 Å². The van der Waals surface area contributed by atoms with Crippen molar-refractivity contribution in [2.45, 2.75) is 60.7 Å². The second-order valence-corrected chi connectivity index (χ2v) is 6.05. The molecule has 0 saturated carbocycles. The molecule has 1 unspecified atom stereocenters. The van der Waals surface area contributed by atoms with E-state index in [2.05, 4.69) is 6.58 Å². The summed E-state index contributed by atoms with van der Waals surface area (Å²) < 4.78 is 195. The molecular weight excluding hydrogens is 489 g/mol. The van der Waals surface area contributed by atoms with Crippen molar-refractivity contribution in [3.8, 4) is 0 Å². The van der Waals surface area contributed by atoms with E-state index in [1.807, 2.05) is 0 Å². The van der Waals surface area contributed by atoms with Gasteiger partial charge in [-0.1, -0.05) is 6.58 Å². The monoisotopic (exact) mass is 498 g/mol. The van der Waals surface area contributed by atoms with E-state index in [1.54, 1.807) is 0 Å². The molecule has 0 rings (SSSR count). The van der Waals surface area contributed by atoms with Gasteiger partial charge in [0.25, 0.3) is 0 Å². The minimum Gasteiger partial charge on any atom is -0.478 e. The summed E-state index contributed by atoms with van der Waals surface area (Å²) in [5.41, 5.74) is -9.60. The van der Waals surface area contributed by atoms with Gasteiger partial charge in [0.05, 0.1) is 6.10 Å². The first kappa shape index (κ1) is 29.1. The van der Waals surface area contributed by atoms with Crippen molar-refractivity contribution in [2.75, 3.05) is 0 Å². The summed E-state index contributed by atoms with van der Waals surface area (Å²) in [6, 6.07) is 0. The SMILES string of the molecule is C=C(CC(O)CC(F)(F)C(F)(F)C(F)(F)C(F)(F)C(F)(C(F)(F)F)C(F)(F)F)C(=O)O. The fourth-order valence-corrected chi connectivity index (χ4v) is 2.03. The molecule has 0 spiro atoms. The molecule has 31 heavy (non-hydrogen) atoms. The van der Waals surface area contributed by atoms with Gasteiger partial charge in [-0.2, -0.15) is 61.5 Å². The van der Waals surface area contributed by atoms with Crippen LogP contribution in [-0.4, -0.2) is 64.0 Å². The van der Waals surface area contributed by atoms with E-state index in [-0.39, 0.29) is 0 Å². The highest BCUT2D eigenvalue weighted by molar-refractivity contribution is 5.85. The molecule has 1 atom stereocenters. The first-order valence-electron chi connectivity index (χ1n) is 7.15. The van der Waals surface area contributed by atoms with Crippen LogP contribution in [0.15, 0.2) is 12.2 Å². The van der Waals surface area contributed by atoms with Crippen molar-refractivity contribution >= 4 is 5.97 Å². The molecule has 2 N–H and O–H groups in total. The van der Waals surface area contributed by atoms with Crippen LogP contribution in [0.4, 0.5) is 65.9 Å². The summed E-state index contributed by atoms with van der Waals surface area (Å²) in [6.45, 7) is 2.60. The van der Waals surface area contributed by atoms with E-state index in [9.17, 15) is 70.7 Å². The maximum atomic E-state index is 13.5. The normalized spacial score (nSPS) is 16.3. The standard InChI is InChI=1S/C13H9F15O3/c1-4(6(30)31)2-5(29)3-7(14,15)9(17,18)11(21,22)10(19,20)8(16,12(23,24)25)13(26,27)28/h5,29H,1-3H2,(H,30,31). The third-order valence-corrected chi connectivity index (χ3v) is 3.74. The fraction of sp³-hybridized carbons (Fsp3) is 0.769. The van der Waals surface area contributed by atoms with Crippen LogP contribution in [0.25, 0.3) is 0 Å². The number of aliphatic hydroxyl groups is 1. The molecule has 0 aromatic rings. The summed E-state index contributed by atoms with van der Waals surface area (Å²) in [5.74, 6) is -33.4. The molecule has 0 saturated heterocycles. The third-order valence-electron chi connectivity index (χ3n) is 3.74. The van der Waals surface area contributed by atoms with Crippen LogP contribution in [0.5, 0.6) is 0 Å².